The van der Waals surface area contributed by atoms with Crippen LogP contribution in [0.3, 0.4) is 0 Å². The van der Waals surface area contributed by atoms with Crippen molar-refractivity contribution in [3.05, 3.63) is 47.5 Å². The van der Waals surface area contributed by atoms with Crippen LogP contribution in [0.1, 0.15) is 62.4 Å². The van der Waals surface area contributed by atoms with Gasteiger partial charge in [0.25, 0.3) is 5.91 Å². The van der Waals surface area contributed by atoms with Gasteiger partial charge < -0.3 is 9.64 Å². The van der Waals surface area contributed by atoms with Gasteiger partial charge in [-0.25, -0.2) is 13.4 Å². The van der Waals surface area contributed by atoms with Crippen molar-refractivity contribution in [3.63, 3.8) is 0 Å². The fourth-order valence-corrected chi connectivity index (χ4v) is 8.05. The molecule has 1 amide bonds. The Morgan fingerprint density at radius 3 is 2.44 bits per heavy atom. The molecule has 1 saturated heterocycles. The summed E-state index contributed by atoms with van der Waals surface area (Å²) in [5.74, 6) is 0.470. The predicted molar refractivity (Wildman–Crippen MR) is 159 cm³/mol. The Morgan fingerprint density at radius 1 is 1.08 bits per heavy atom. The van der Waals surface area contributed by atoms with E-state index in [-0.39, 0.29) is 16.8 Å². The largest absolute Gasteiger partial charge is 0.494 e. The fraction of sp³-hybridized carbons (Fsp3) is 0.517. The Morgan fingerprint density at radius 2 is 1.79 bits per heavy atom. The Bertz CT molecular complexity index is 1380. The van der Waals surface area contributed by atoms with Gasteiger partial charge >= 0.3 is 0 Å². The van der Waals surface area contributed by atoms with Gasteiger partial charge in [-0.05, 0) is 75.2 Å². The molecule has 2 heterocycles. The second kappa shape index (κ2) is 12.8. The van der Waals surface area contributed by atoms with Crippen molar-refractivity contribution in [2.45, 2.75) is 64.3 Å². The van der Waals surface area contributed by atoms with Crippen molar-refractivity contribution in [1.29, 1.82) is 0 Å². The van der Waals surface area contributed by atoms with Crippen LogP contribution in [-0.2, 0) is 10.0 Å². The summed E-state index contributed by atoms with van der Waals surface area (Å²) in [6.07, 6.45) is 3.61. The minimum absolute atomic E-state index is 0.0279. The van der Waals surface area contributed by atoms with Crippen molar-refractivity contribution in [2.24, 2.45) is 0 Å². The molecule has 10 heteroatoms. The van der Waals surface area contributed by atoms with E-state index in [1.54, 1.807) is 40.6 Å². The molecule has 1 fully saturated rings. The lowest BCUT2D eigenvalue weighted by atomic mass is 10.0. The molecule has 3 aromatic rings. The number of carbonyl (C=O) groups excluding carboxylic acids is 1. The lowest BCUT2D eigenvalue weighted by Crippen LogP contribution is -2.43. The summed E-state index contributed by atoms with van der Waals surface area (Å²) in [5.41, 5.74) is 2.25. The number of nitrogens with zero attached hydrogens (tertiary/aromatic N) is 4. The first-order valence-corrected chi connectivity index (χ1v) is 16.1. The molecular weight excluding hydrogens is 532 g/mol. The molecular formula is C29H40N4O4S2. The maximum atomic E-state index is 13.9. The van der Waals surface area contributed by atoms with Gasteiger partial charge in [0.15, 0.2) is 5.13 Å². The molecule has 39 heavy (non-hydrogen) atoms. The van der Waals surface area contributed by atoms with Crippen LogP contribution in [0.15, 0.2) is 41.3 Å². The van der Waals surface area contributed by atoms with Crippen LogP contribution in [0.4, 0.5) is 5.13 Å². The number of fused-ring (bicyclic) bond motifs is 1. The van der Waals surface area contributed by atoms with Crippen molar-refractivity contribution in [2.75, 3.05) is 44.7 Å². The number of methoxy groups -OCH3 is 1. The number of ether oxygens (including phenoxy) is 1. The van der Waals surface area contributed by atoms with E-state index in [4.69, 9.17) is 9.72 Å². The van der Waals surface area contributed by atoms with Crippen molar-refractivity contribution in [1.82, 2.24) is 14.2 Å². The van der Waals surface area contributed by atoms with Crippen molar-refractivity contribution < 1.29 is 17.9 Å². The van der Waals surface area contributed by atoms with Gasteiger partial charge in [0.2, 0.25) is 10.0 Å². The molecule has 0 aliphatic carbocycles. The molecule has 212 valence electrons. The molecule has 0 radical (unpaired) electrons. The Hall–Kier alpha value is -2.53. The molecule has 0 spiro atoms. The number of anilines is 1. The number of aryl methyl sites for hydroxylation is 1. The summed E-state index contributed by atoms with van der Waals surface area (Å²) < 4.78 is 35.0. The predicted octanol–water partition coefficient (Wildman–Crippen LogP) is 5.56. The van der Waals surface area contributed by atoms with Crippen LogP contribution in [-0.4, -0.2) is 74.4 Å². The Labute approximate surface area is 236 Å². The monoisotopic (exact) mass is 572 g/mol. The van der Waals surface area contributed by atoms with Gasteiger partial charge in [0.1, 0.15) is 11.3 Å². The highest BCUT2D eigenvalue weighted by molar-refractivity contribution is 7.89. The van der Waals surface area contributed by atoms with E-state index in [1.807, 2.05) is 26.0 Å². The van der Waals surface area contributed by atoms with Gasteiger partial charge in [-0.15, -0.1) is 0 Å². The van der Waals surface area contributed by atoms with E-state index >= 15 is 0 Å². The molecule has 8 nitrogen and oxygen atoms in total. The molecule has 0 N–H and O–H groups in total. The summed E-state index contributed by atoms with van der Waals surface area (Å²) in [7, 11) is -2.00. The number of piperidine rings is 1. The summed E-state index contributed by atoms with van der Waals surface area (Å²) in [5, 5.41) is 0.602. The molecule has 1 aliphatic rings. The number of amides is 1. The van der Waals surface area contributed by atoms with Crippen LogP contribution in [0.5, 0.6) is 5.75 Å². The zero-order valence-electron chi connectivity index (χ0n) is 23.6. The zero-order valence-corrected chi connectivity index (χ0v) is 25.3. The van der Waals surface area contributed by atoms with Crippen LogP contribution in [0, 0.1) is 6.92 Å². The molecule has 1 aliphatic heterocycles. The van der Waals surface area contributed by atoms with Gasteiger partial charge in [-0.2, -0.15) is 4.31 Å². The van der Waals surface area contributed by atoms with E-state index in [2.05, 4.69) is 18.7 Å². The second-order valence-corrected chi connectivity index (χ2v) is 12.8. The summed E-state index contributed by atoms with van der Waals surface area (Å²) in [4.78, 5) is 22.9. The quantitative estimate of drug-likeness (QED) is 0.299. The van der Waals surface area contributed by atoms with E-state index in [0.717, 1.165) is 54.6 Å². The third kappa shape index (κ3) is 6.14. The maximum Gasteiger partial charge on any atom is 0.260 e. The Kier molecular flexibility index (Phi) is 9.64. The number of rotatable bonds is 11. The number of benzene rings is 2. The fourth-order valence-electron chi connectivity index (χ4n) is 5.20. The van der Waals surface area contributed by atoms with E-state index in [1.165, 1.54) is 11.3 Å². The van der Waals surface area contributed by atoms with E-state index < -0.39 is 10.0 Å². The summed E-state index contributed by atoms with van der Waals surface area (Å²) >= 11 is 1.47. The minimum atomic E-state index is -3.62. The molecule has 1 unspecified atom stereocenters. The van der Waals surface area contributed by atoms with Crippen molar-refractivity contribution >= 4 is 42.6 Å². The lowest BCUT2D eigenvalue weighted by Gasteiger charge is -2.34. The van der Waals surface area contributed by atoms with E-state index in [9.17, 15) is 13.2 Å². The number of thiazole rings is 1. The molecule has 1 aromatic heterocycles. The third-order valence-electron chi connectivity index (χ3n) is 7.67. The summed E-state index contributed by atoms with van der Waals surface area (Å²) in [6, 6.07) is 10.3. The topological polar surface area (TPSA) is 83.1 Å². The minimum Gasteiger partial charge on any atom is -0.494 e. The van der Waals surface area contributed by atoms with E-state index in [0.29, 0.717) is 36.1 Å². The smallest absolute Gasteiger partial charge is 0.260 e. The molecule has 2 aromatic carbocycles. The standard InChI is InChI=1S/C29H40N4O4S2/c1-6-23-11-9-10-18-33(23)39(35,36)24-15-13-22(14-16-24)28(34)32(20-19-31(7-2)8-3)29-30-26-25(37-5)17-12-21(4)27(26)38-29/h12-17,23H,6-11,18-20H2,1-5H3. The average Bonchev–Trinajstić information content (AvgIpc) is 3.41. The number of hydrogen-bond donors (Lipinski definition) is 0. The summed E-state index contributed by atoms with van der Waals surface area (Å²) in [6.45, 7) is 11.7. The second-order valence-electron chi connectivity index (χ2n) is 9.94. The Balaban J connectivity index is 1.66. The van der Waals surface area contributed by atoms with Gasteiger partial charge in [0, 0.05) is 31.2 Å². The molecule has 1 atom stereocenters. The highest BCUT2D eigenvalue weighted by Gasteiger charge is 2.33. The third-order valence-corrected chi connectivity index (χ3v) is 10.9. The molecule has 0 saturated carbocycles. The zero-order chi connectivity index (χ0) is 28.2. The number of carbonyl (C=O) groups is 1. The highest BCUT2D eigenvalue weighted by atomic mass is 32.2. The number of likely N-dealkylation sites (N-methyl/N-ethyl adjacent to an activating group) is 1. The van der Waals surface area contributed by atoms with Crippen molar-refractivity contribution in [3.8, 4) is 5.75 Å². The first-order valence-electron chi connectivity index (χ1n) is 13.8. The van der Waals surface area contributed by atoms with Crippen LogP contribution < -0.4 is 9.64 Å². The molecule has 4 rings (SSSR count). The number of sulfonamides is 1. The average molecular weight is 573 g/mol. The van der Waals surface area contributed by atoms with Gasteiger partial charge in [-0.1, -0.05) is 44.6 Å². The maximum absolute atomic E-state index is 13.9. The normalized spacial score (nSPS) is 16.6. The van der Waals surface area contributed by atoms with Crippen LogP contribution in [0.25, 0.3) is 10.2 Å². The first kappa shape index (κ1) is 29.5. The highest BCUT2D eigenvalue weighted by Crippen LogP contribution is 2.37. The van der Waals surface area contributed by atoms with Crippen LogP contribution >= 0.6 is 11.3 Å². The number of aromatic nitrogens is 1. The van der Waals surface area contributed by atoms with Crippen LogP contribution in [0.2, 0.25) is 0 Å². The van der Waals surface area contributed by atoms with Gasteiger partial charge in [0.05, 0.1) is 16.7 Å². The first-order chi connectivity index (χ1) is 18.7. The SMILES string of the molecule is CCC1CCCCN1S(=O)(=O)c1ccc(C(=O)N(CCN(CC)CC)c2nc3c(OC)ccc(C)c3s2)cc1. The lowest BCUT2D eigenvalue weighted by molar-refractivity contribution is 0.0983. The molecule has 0 bridgehead atoms. The van der Waals surface area contributed by atoms with Gasteiger partial charge in [-0.3, -0.25) is 9.69 Å². The number of hydrogen-bond acceptors (Lipinski definition) is 7.